The van der Waals surface area contributed by atoms with Gasteiger partial charge in [0.1, 0.15) is 0 Å². The number of imidazole rings is 1. The zero-order valence-corrected chi connectivity index (χ0v) is 17.7. The van der Waals surface area contributed by atoms with Gasteiger partial charge in [0, 0.05) is 43.6 Å². The molecule has 0 bridgehead atoms. The van der Waals surface area contributed by atoms with E-state index in [4.69, 9.17) is 0 Å². The Morgan fingerprint density at radius 1 is 0.968 bits per heavy atom. The van der Waals surface area contributed by atoms with Crippen molar-refractivity contribution in [2.24, 2.45) is 0 Å². The lowest BCUT2D eigenvalue weighted by atomic mass is 9.89. The van der Waals surface area contributed by atoms with Crippen molar-refractivity contribution in [3.05, 3.63) is 64.8 Å². The average molecular weight is 420 g/mol. The highest BCUT2D eigenvalue weighted by Gasteiger charge is 2.29. The Hall–Kier alpha value is -2.93. The van der Waals surface area contributed by atoms with Crippen LogP contribution in [-0.4, -0.2) is 50.5 Å². The van der Waals surface area contributed by atoms with Crippen LogP contribution in [0.1, 0.15) is 54.9 Å². The molecule has 162 valence electrons. The highest BCUT2D eigenvalue weighted by atomic mass is 16.2. The number of likely N-dealkylation sites (tertiary alicyclic amines) is 1. The Bertz CT molecular complexity index is 1090. The third-order valence-electron chi connectivity index (χ3n) is 6.85. The van der Waals surface area contributed by atoms with E-state index in [2.05, 4.69) is 15.3 Å². The minimum atomic E-state index is 0.00302. The molecule has 2 N–H and O–H groups in total. The summed E-state index contributed by atoms with van der Waals surface area (Å²) in [4.78, 5) is 34.1. The number of piperidine rings is 1. The molecule has 0 unspecified atom stereocenters. The number of rotatable bonds is 4. The number of para-hydroxylation sites is 2. The average Bonchev–Trinajstić information content (AvgIpc) is 3.16. The molecular weight excluding hydrogens is 390 g/mol. The van der Waals surface area contributed by atoms with Gasteiger partial charge in [-0.3, -0.25) is 14.3 Å². The second-order valence-corrected chi connectivity index (χ2v) is 8.80. The van der Waals surface area contributed by atoms with Crippen LogP contribution < -0.4 is 11.0 Å². The molecule has 5 rings (SSSR count). The van der Waals surface area contributed by atoms with Crippen LogP contribution in [0, 0.1) is 0 Å². The quantitative estimate of drug-likeness (QED) is 0.681. The molecule has 7 nitrogen and oxygen atoms in total. The molecule has 2 aromatic heterocycles. The zero-order valence-electron chi connectivity index (χ0n) is 17.7. The fraction of sp³-hybridized carbons (Fsp3) is 0.458. The zero-order chi connectivity index (χ0) is 21.2. The molecule has 1 amide bonds. The van der Waals surface area contributed by atoms with Crippen molar-refractivity contribution in [1.82, 2.24) is 24.8 Å². The van der Waals surface area contributed by atoms with E-state index < -0.39 is 0 Å². The highest BCUT2D eigenvalue weighted by Crippen LogP contribution is 2.30. The summed E-state index contributed by atoms with van der Waals surface area (Å²) >= 11 is 0. The molecule has 3 aromatic rings. The van der Waals surface area contributed by atoms with Crippen molar-refractivity contribution >= 4 is 16.9 Å². The van der Waals surface area contributed by atoms with Gasteiger partial charge in [-0.25, -0.2) is 4.79 Å². The Morgan fingerprint density at radius 3 is 2.45 bits per heavy atom. The number of carbonyl (C=O) groups is 1. The summed E-state index contributed by atoms with van der Waals surface area (Å²) in [7, 11) is 0. The number of benzene rings is 1. The number of aromatic nitrogens is 3. The maximum absolute atomic E-state index is 12.6. The third-order valence-corrected chi connectivity index (χ3v) is 6.85. The predicted molar refractivity (Wildman–Crippen MR) is 120 cm³/mol. The maximum atomic E-state index is 12.6. The first-order valence-corrected chi connectivity index (χ1v) is 11.3. The van der Waals surface area contributed by atoms with Gasteiger partial charge in [-0.15, -0.1) is 0 Å². The molecule has 0 radical (unpaired) electrons. The molecule has 0 atom stereocenters. The topological polar surface area (TPSA) is 83.0 Å². The van der Waals surface area contributed by atoms with Gasteiger partial charge in [0.15, 0.2) is 0 Å². The number of pyridine rings is 1. The first-order chi connectivity index (χ1) is 15.2. The number of H-pyrrole nitrogens is 1. The molecule has 1 saturated carbocycles. The van der Waals surface area contributed by atoms with Crippen molar-refractivity contribution in [3.8, 4) is 0 Å². The number of hydrogen-bond acceptors (Lipinski definition) is 4. The summed E-state index contributed by atoms with van der Waals surface area (Å²) in [6, 6.07) is 12.8. The summed E-state index contributed by atoms with van der Waals surface area (Å²) in [5.41, 5.74) is 2.60. The lowest BCUT2D eigenvalue weighted by Gasteiger charge is -2.37. The van der Waals surface area contributed by atoms with Gasteiger partial charge in [-0.2, -0.15) is 0 Å². The molecular formula is C24H29N5O2. The van der Waals surface area contributed by atoms with Gasteiger partial charge >= 0.3 is 5.69 Å². The van der Waals surface area contributed by atoms with Crippen molar-refractivity contribution in [2.75, 3.05) is 13.1 Å². The third kappa shape index (κ3) is 4.14. The summed E-state index contributed by atoms with van der Waals surface area (Å²) < 4.78 is 1.95. The smallest absolute Gasteiger partial charge is 0.326 e. The minimum absolute atomic E-state index is 0.00302. The number of hydrogen-bond donors (Lipinski definition) is 2. The number of carbonyl (C=O) groups excluding carboxylic acids is 1. The summed E-state index contributed by atoms with van der Waals surface area (Å²) in [6.45, 7) is 1.57. The van der Waals surface area contributed by atoms with Crippen LogP contribution in [-0.2, 0) is 0 Å². The fourth-order valence-corrected chi connectivity index (χ4v) is 5.19. The standard InChI is InChI=1S/C24H29N5O2/c30-23(17-4-3-13-25-16-17)28-14-11-19(12-15-28)26-18-7-9-20(10-8-18)29-22-6-2-1-5-21(22)27-24(29)31/h1-6,13,16,18-20,26H,7-12,14-15H2,(H,27,31)/t18-,20-. The van der Waals surface area contributed by atoms with E-state index in [0.29, 0.717) is 17.6 Å². The Labute approximate surface area is 181 Å². The van der Waals surface area contributed by atoms with Crippen LogP contribution >= 0.6 is 0 Å². The molecule has 7 heteroatoms. The monoisotopic (exact) mass is 419 g/mol. The van der Waals surface area contributed by atoms with Crippen LogP contribution in [0.4, 0.5) is 0 Å². The number of nitrogens with zero attached hydrogens (tertiary/aromatic N) is 3. The lowest BCUT2D eigenvalue weighted by molar-refractivity contribution is 0.0698. The number of nitrogens with one attached hydrogen (secondary N) is 2. The Balaban J connectivity index is 1.13. The highest BCUT2D eigenvalue weighted by molar-refractivity contribution is 5.93. The summed E-state index contributed by atoms with van der Waals surface area (Å²) in [5, 5.41) is 3.83. The molecule has 0 spiro atoms. The van der Waals surface area contributed by atoms with Gasteiger partial charge in [0.2, 0.25) is 0 Å². The predicted octanol–water partition coefficient (Wildman–Crippen LogP) is 3.10. The van der Waals surface area contributed by atoms with Gasteiger partial charge in [-0.05, 0) is 62.8 Å². The number of amides is 1. The largest absolute Gasteiger partial charge is 0.338 e. The molecule has 1 aliphatic heterocycles. The lowest BCUT2D eigenvalue weighted by Crippen LogP contribution is -2.48. The molecule has 3 heterocycles. The van der Waals surface area contributed by atoms with E-state index in [9.17, 15) is 9.59 Å². The van der Waals surface area contributed by atoms with Crippen LogP contribution in [0.5, 0.6) is 0 Å². The van der Waals surface area contributed by atoms with Crippen LogP contribution in [0.25, 0.3) is 11.0 Å². The van der Waals surface area contributed by atoms with Crippen molar-refractivity contribution in [1.29, 1.82) is 0 Å². The normalized spacial score (nSPS) is 22.6. The van der Waals surface area contributed by atoms with E-state index in [-0.39, 0.29) is 17.6 Å². The van der Waals surface area contributed by atoms with Crippen molar-refractivity contribution < 1.29 is 4.79 Å². The first kappa shape index (κ1) is 20.0. The van der Waals surface area contributed by atoms with Gasteiger partial charge in [-0.1, -0.05) is 12.1 Å². The van der Waals surface area contributed by atoms with Crippen molar-refractivity contribution in [2.45, 2.75) is 56.7 Å². The molecule has 1 aromatic carbocycles. The maximum Gasteiger partial charge on any atom is 0.326 e. The summed E-state index contributed by atoms with van der Waals surface area (Å²) in [6.07, 6.45) is 9.47. The van der Waals surface area contributed by atoms with Crippen LogP contribution in [0.15, 0.2) is 53.6 Å². The second kappa shape index (κ2) is 8.67. The Morgan fingerprint density at radius 2 is 1.71 bits per heavy atom. The minimum Gasteiger partial charge on any atom is -0.338 e. The molecule has 2 fully saturated rings. The van der Waals surface area contributed by atoms with E-state index in [1.54, 1.807) is 12.4 Å². The molecule has 2 aliphatic rings. The van der Waals surface area contributed by atoms with Gasteiger partial charge < -0.3 is 15.2 Å². The second-order valence-electron chi connectivity index (χ2n) is 8.80. The molecule has 1 aliphatic carbocycles. The molecule has 1 saturated heterocycles. The number of aromatic amines is 1. The van der Waals surface area contributed by atoms with E-state index in [1.807, 2.05) is 45.9 Å². The van der Waals surface area contributed by atoms with E-state index in [1.165, 1.54) is 0 Å². The van der Waals surface area contributed by atoms with Gasteiger partial charge in [0.25, 0.3) is 5.91 Å². The summed E-state index contributed by atoms with van der Waals surface area (Å²) in [5.74, 6) is 0.0798. The number of fused-ring (bicyclic) bond motifs is 1. The van der Waals surface area contributed by atoms with Crippen LogP contribution in [0.2, 0.25) is 0 Å². The van der Waals surface area contributed by atoms with E-state index in [0.717, 1.165) is 62.6 Å². The molecule has 31 heavy (non-hydrogen) atoms. The van der Waals surface area contributed by atoms with Crippen molar-refractivity contribution in [3.63, 3.8) is 0 Å². The fourth-order valence-electron chi connectivity index (χ4n) is 5.19. The van der Waals surface area contributed by atoms with E-state index >= 15 is 0 Å². The van der Waals surface area contributed by atoms with Crippen LogP contribution in [0.3, 0.4) is 0 Å². The first-order valence-electron chi connectivity index (χ1n) is 11.3. The SMILES string of the molecule is O=C(c1cccnc1)N1CCC(N[C@H]2CC[C@H](n3c(=O)[nH]c4ccccc43)CC2)CC1. The van der Waals surface area contributed by atoms with Gasteiger partial charge in [0.05, 0.1) is 16.6 Å². The Kier molecular flexibility index (Phi) is 5.59.